The minimum atomic E-state index is -0.400. The van der Waals surface area contributed by atoms with E-state index in [1.165, 1.54) is 11.8 Å². The Balaban J connectivity index is 1.29. The molecule has 0 spiro atoms. The van der Waals surface area contributed by atoms with Gasteiger partial charge in [0.1, 0.15) is 6.10 Å². The van der Waals surface area contributed by atoms with E-state index >= 15 is 0 Å². The number of anilines is 1. The number of amides is 1. The molecule has 5 rings (SSSR count). The van der Waals surface area contributed by atoms with Crippen LogP contribution >= 0.6 is 23.4 Å². The number of hydrogen-bond acceptors (Lipinski definition) is 9. The van der Waals surface area contributed by atoms with Gasteiger partial charge in [-0.2, -0.15) is 9.97 Å². The van der Waals surface area contributed by atoms with Crippen molar-refractivity contribution in [2.45, 2.75) is 37.3 Å². The number of halogens is 1. The molecule has 34 heavy (non-hydrogen) atoms. The third-order valence-electron chi connectivity index (χ3n) is 5.81. The number of nitrogen functional groups attached to an aromatic ring is 1. The second-order valence-corrected chi connectivity index (χ2v) is 9.62. The predicted octanol–water partition coefficient (Wildman–Crippen LogP) is 3.53. The summed E-state index contributed by atoms with van der Waals surface area (Å²) in [7, 11) is 0. The van der Waals surface area contributed by atoms with Crippen molar-refractivity contribution in [2.24, 2.45) is 0 Å². The van der Waals surface area contributed by atoms with Crippen LogP contribution in [-0.4, -0.2) is 52.5 Å². The van der Waals surface area contributed by atoms with Crippen LogP contribution in [0.2, 0.25) is 5.02 Å². The third-order valence-corrected chi connectivity index (χ3v) is 6.96. The highest BCUT2D eigenvalue weighted by atomic mass is 35.5. The number of rotatable bonds is 6. The predicted molar refractivity (Wildman–Crippen MR) is 132 cm³/mol. The Hall–Kier alpha value is -2.66. The van der Waals surface area contributed by atoms with Gasteiger partial charge in [-0.25, -0.2) is 9.78 Å². The van der Waals surface area contributed by atoms with Gasteiger partial charge in [0.05, 0.1) is 18.2 Å². The Bertz CT molecular complexity index is 1220. The fourth-order valence-corrected chi connectivity index (χ4v) is 5.31. The average Bonchev–Trinajstić information content (AvgIpc) is 2.82. The largest absolute Gasteiger partial charge is 0.446 e. The first-order chi connectivity index (χ1) is 16.6. The number of aromatic nitrogens is 3. The highest BCUT2D eigenvalue weighted by molar-refractivity contribution is 7.99. The maximum absolute atomic E-state index is 12.0. The molecule has 0 saturated carbocycles. The van der Waals surface area contributed by atoms with Gasteiger partial charge in [-0.05, 0) is 53.9 Å². The molecule has 3 aromatic rings. The van der Waals surface area contributed by atoms with E-state index < -0.39 is 6.09 Å². The lowest BCUT2D eigenvalue weighted by Crippen LogP contribution is -2.37. The molecule has 1 aromatic heterocycles. The summed E-state index contributed by atoms with van der Waals surface area (Å²) in [6.45, 7) is 3.22. The van der Waals surface area contributed by atoms with Crippen molar-refractivity contribution >= 4 is 46.2 Å². The zero-order chi connectivity index (χ0) is 23.5. The van der Waals surface area contributed by atoms with Crippen molar-refractivity contribution in [2.75, 3.05) is 31.1 Å². The highest BCUT2D eigenvalue weighted by Gasteiger charge is 2.21. The molecule has 3 heterocycles. The monoisotopic (exact) mass is 500 g/mol. The standard InChI is InChI=1S/C23H25ClN6O3S/c24-17-10-14-12-32-11-13-2-1-3-16(18(13)14)19(17)20-28-21(25)30-22(29-20)34-9-8-27-23(31)33-15-4-6-26-7-5-15/h1-3,10,15,26H,4-9,11-12H2,(H,27,31)(H2,25,28,29,30). The van der Waals surface area contributed by atoms with E-state index in [1.807, 2.05) is 18.2 Å². The first-order valence-corrected chi connectivity index (χ1v) is 12.6. The SMILES string of the molecule is Nc1nc(SCCNC(=O)OC2CCNCC2)nc(-c2c(Cl)cc3c4c(cccc24)COC3)n1. The number of alkyl carbamates (subject to hydrolysis) is 1. The molecule has 11 heteroatoms. The Morgan fingerprint density at radius 3 is 2.91 bits per heavy atom. The van der Waals surface area contributed by atoms with Crippen molar-refractivity contribution in [3.05, 3.63) is 40.4 Å². The fraction of sp³-hybridized carbons (Fsp3) is 0.391. The van der Waals surface area contributed by atoms with Gasteiger partial charge in [-0.1, -0.05) is 41.6 Å². The molecular weight excluding hydrogens is 476 g/mol. The first-order valence-electron chi connectivity index (χ1n) is 11.2. The lowest BCUT2D eigenvalue weighted by Gasteiger charge is -2.22. The summed E-state index contributed by atoms with van der Waals surface area (Å²) in [5, 5.41) is 9.12. The number of hydrogen-bond donors (Lipinski definition) is 3. The van der Waals surface area contributed by atoms with E-state index in [2.05, 4.69) is 31.7 Å². The van der Waals surface area contributed by atoms with E-state index in [-0.39, 0.29) is 12.1 Å². The summed E-state index contributed by atoms with van der Waals surface area (Å²) in [6, 6.07) is 7.95. The lowest BCUT2D eigenvalue weighted by atomic mass is 9.94. The van der Waals surface area contributed by atoms with Crippen molar-refractivity contribution in [1.29, 1.82) is 0 Å². The molecule has 0 radical (unpaired) electrons. The third kappa shape index (κ3) is 5.05. The summed E-state index contributed by atoms with van der Waals surface area (Å²) in [5.74, 6) is 1.10. The number of piperidine rings is 1. The van der Waals surface area contributed by atoms with Crippen molar-refractivity contribution < 1.29 is 14.3 Å². The van der Waals surface area contributed by atoms with Crippen molar-refractivity contribution in [3.63, 3.8) is 0 Å². The van der Waals surface area contributed by atoms with Crippen LogP contribution in [0.3, 0.4) is 0 Å². The molecule has 0 bridgehead atoms. The van der Waals surface area contributed by atoms with Gasteiger partial charge in [0.15, 0.2) is 11.0 Å². The Labute approximate surface area is 206 Å². The number of nitrogens with two attached hydrogens (primary N) is 1. The Kier molecular flexibility index (Phi) is 7.00. The van der Waals surface area contributed by atoms with E-state index in [4.69, 9.17) is 26.8 Å². The van der Waals surface area contributed by atoms with Crippen LogP contribution in [0, 0.1) is 0 Å². The molecule has 1 amide bonds. The van der Waals surface area contributed by atoms with Crippen molar-refractivity contribution in [3.8, 4) is 11.4 Å². The van der Waals surface area contributed by atoms with Crippen molar-refractivity contribution in [1.82, 2.24) is 25.6 Å². The van der Waals surface area contributed by atoms with E-state index in [0.29, 0.717) is 41.5 Å². The molecule has 178 valence electrons. The van der Waals surface area contributed by atoms with Crippen LogP contribution in [0.25, 0.3) is 22.2 Å². The molecule has 2 aliphatic rings. The molecule has 1 fully saturated rings. The van der Waals surface area contributed by atoms with E-state index in [0.717, 1.165) is 53.4 Å². The summed E-state index contributed by atoms with van der Waals surface area (Å²) in [6.07, 6.45) is 1.24. The summed E-state index contributed by atoms with van der Waals surface area (Å²) >= 11 is 8.05. The van der Waals surface area contributed by atoms with E-state index in [9.17, 15) is 4.79 Å². The molecule has 0 unspecified atom stereocenters. The molecule has 4 N–H and O–H groups in total. The quantitative estimate of drug-likeness (QED) is 0.344. The fourth-order valence-electron chi connectivity index (χ4n) is 4.30. The highest BCUT2D eigenvalue weighted by Crippen LogP contribution is 2.39. The number of nitrogens with one attached hydrogen (secondary N) is 2. The minimum absolute atomic E-state index is 0.0295. The number of carbonyl (C=O) groups excluding carboxylic acids is 1. The molecular formula is C23H25ClN6O3S. The van der Waals surface area contributed by atoms with Gasteiger partial charge >= 0.3 is 6.09 Å². The van der Waals surface area contributed by atoms with Gasteiger partial charge in [-0.3, -0.25) is 0 Å². The molecule has 9 nitrogen and oxygen atoms in total. The van der Waals surface area contributed by atoms with E-state index in [1.54, 1.807) is 0 Å². The topological polar surface area (TPSA) is 124 Å². The molecule has 2 aromatic carbocycles. The van der Waals surface area contributed by atoms with Crippen LogP contribution in [0.15, 0.2) is 29.4 Å². The summed E-state index contributed by atoms with van der Waals surface area (Å²) in [5.41, 5.74) is 8.89. The number of benzene rings is 2. The van der Waals surface area contributed by atoms with Gasteiger partial charge in [0.25, 0.3) is 0 Å². The zero-order valence-electron chi connectivity index (χ0n) is 18.5. The molecule has 0 aliphatic carbocycles. The minimum Gasteiger partial charge on any atom is -0.446 e. The second kappa shape index (κ2) is 10.3. The smallest absolute Gasteiger partial charge is 0.407 e. The summed E-state index contributed by atoms with van der Waals surface area (Å²) in [4.78, 5) is 25.3. The summed E-state index contributed by atoms with van der Waals surface area (Å²) < 4.78 is 11.1. The number of ether oxygens (including phenoxy) is 2. The number of nitrogens with zero attached hydrogens (tertiary/aromatic N) is 3. The van der Waals surface area contributed by atoms with Gasteiger partial charge in [0, 0.05) is 17.9 Å². The Morgan fingerprint density at radius 2 is 2.06 bits per heavy atom. The average molecular weight is 501 g/mol. The maximum Gasteiger partial charge on any atom is 0.407 e. The maximum atomic E-state index is 12.0. The molecule has 2 aliphatic heterocycles. The molecule has 0 atom stereocenters. The Morgan fingerprint density at radius 1 is 1.24 bits per heavy atom. The zero-order valence-corrected chi connectivity index (χ0v) is 20.0. The van der Waals surface area contributed by atoms with Gasteiger partial charge < -0.3 is 25.8 Å². The van der Waals surface area contributed by atoms with Crippen LogP contribution in [0.5, 0.6) is 0 Å². The van der Waals surface area contributed by atoms with Gasteiger partial charge in [0.2, 0.25) is 5.95 Å². The van der Waals surface area contributed by atoms with Gasteiger partial charge in [-0.15, -0.1) is 0 Å². The van der Waals surface area contributed by atoms with Crippen LogP contribution in [0.1, 0.15) is 24.0 Å². The second-order valence-electron chi connectivity index (χ2n) is 8.15. The van der Waals surface area contributed by atoms with Crippen LogP contribution in [0.4, 0.5) is 10.7 Å². The first kappa shape index (κ1) is 23.1. The number of thioether (sulfide) groups is 1. The lowest BCUT2D eigenvalue weighted by molar-refractivity contribution is 0.0799. The van der Waals surface area contributed by atoms with Crippen LogP contribution in [-0.2, 0) is 22.7 Å². The normalized spacial score (nSPS) is 15.9. The molecule has 1 saturated heterocycles. The van der Waals surface area contributed by atoms with Crippen LogP contribution < -0.4 is 16.4 Å². The number of carbonyl (C=O) groups is 1.